The average molecular weight is 257 g/mol. The van der Waals surface area contributed by atoms with Crippen molar-refractivity contribution in [2.45, 2.75) is 26.9 Å². The molecule has 0 aliphatic rings. The molecule has 0 aliphatic heterocycles. The minimum absolute atomic E-state index is 0.165. The van der Waals surface area contributed by atoms with E-state index in [9.17, 15) is 0 Å². The normalized spacial score (nSPS) is 10.5. The number of hydrogen-bond donors (Lipinski definition) is 1. The van der Waals surface area contributed by atoms with Crippen LogP contribution in [-0.4, -0.2) is 22.6 Å². The highest BCUT2D eigenvalue weighted by molar-refractivity contribution is 5.61. The van der Waals surface area contributed by atoms with Gasteiger partial charge in [-0.3, -0.25) is 0 Å². The Labute approximate surface area is 113 Å². The lowest BCUT2D eigenvalue weighted by molar-refractivity contribution is 0.242. The van der Waals surface area contributed by atoms with E-state index in [0.717, 1.165) is 23.6 Å². The molecule has 0 amide bonds. The minimum atomic E-state index is 0.165. The van der Waals surface area contributed by atoms with Gasteiger partial charge in [0.05, 0.1) is 11.8 Å². The predicted molar refractivity (Wildman–Crippen MR) is 77.4 cm³/mol. The first kappa shape index (κ1) is 13.3. The van der Waals surface area contributed by atoms with Crippen LogP contribution >= 0.6 is 0 Å². The predicted octanol–water partition coefficient (Wildman–Crippen LogP) is 3.36. The molecule has 1 aromatic heterocycles. The molecule has 100 valence electrons. The van der Waals surface area contributed by atoms with Crippen LogP contribution in [0.25, 0.3) is 11.3 Å². The molecule has 0 unspecified atom stereocenters. The van der Waals surface area contributed by atoms with Crippen molar-refractivity contribution in [2.75, 3.05) is 11.9 Å². The number of ether oxygens (including phenoxy) is 1. The number of rotatable bonds is 5. The van der Waals surface area contributed by atoms with Gasteiger partial charge in [0.2, 0.25) is 5.95 Å². The lowest BCUT2D eigenvalue weighted by Gasteiger charge is -2.11. The Balaban J connectivity index is 2.28. The van der Waals surface area contributed by atoms with Crippen LogP contribution in [0.15, 0.2) is 36.5 Å². The first-order valence-corrected chi connectivity index (χ1v) is 6.53. The van der Waals surface area contributed by atoms with Gasteiger partial charge in [0.1, 0.15) is 5.75 Å². The third kappa shape index (κ3) is 3.68. The zero-order chi connectivity index (χ0) is 13.7. The van der Waals surface area contributed by atoms with Crippen molar-refractivity contribution in [3.8, 4) is 17.0 Å². The Hall–Kier alpha value is -2.10. The fraction of sp³-hybridized carbons (Fsp3) is 0.333. The maximum atomic E-state index is 5.70. The van der Waals surface area contributed by atoms with Crippen molar-refractivity contribution in [3.05, 3.63) is 36.5 Å². The van der Waals surface area contributed by atoms with Crippen LogP contribution in [0, 0.1) is 0 Å². The molecule has 4 nitrogen and oxygen atoms in total. The largest absolute Gasteiger partial charge is 0.491 e. The molecule has 0 saturated heterocycles. The molecule has 0 atom stereocenters. The molecule has 2 rings (SSSR count). The Morgan fingerprint density at radius 3 is 2.84 bits per heavy atom. The summed E-state index contributed by atoms with van der Waals surface area (Å²) in [6.07, 6.45) is 1.93. The van der Waals surface area contributed by atoms with Gasteiger partial charge in [-0.15, -0.1) is 0 Å². The first-order valence-electron chi connectivity index (χ1n) is 6.53. The molecule has 4 heteroatoms. The molecule has 0 bridgehead atoms. The molecule has 0 radical (unpaired) electrons. The van der Waals surface area contributed by atoms with Gasteiger partial charge >= 0.3 is 0 Å². The summed E-state index contributed by atoms with van der Waals surface area (Å²) in [5.74, 6) is 1.51. The fourth-order valence-electron chi connectivity index (χ4n) is 1.76. The highest BCUT2D eigenvalue weighted by Gasteiger charge is 2.04. The molecule has 1 aromatic carbocycles. The summed E-state index contributed by atoms with van der Waals surface area (Å²) in [5.41, 5.74) is 1.92. The van der Waals surface area contributed by atoms with E-state index in [1.165, 1.54) is 0 Å². The summed E-state index contributed by atoms with van der Waals surface area (Å²) in [6, 6.07) is 9.84. The lowest BCUT2D eigenvalue weighted by atomic mass is 10.1. The Kier molecular flexibility index (Phi) is 4.34. The molecule has 0 fully saturated rings. The molecule has 1 heterocycles. The maximum absolute atomic E-state index is 5.70. The number of nitrogens with one attached hydrogen (secondary N) is 1. The van der Waals surface area contributed by atoms with E-state index < -0.39 is 0 Å². The van der Waals surface area contributed by atoms with Gasteiger partial charge < -0.3 is 10.1 Å². The quantitative estimate of drug-likeness (QED) is 0.892. The third-order valence-corrected chi connectivity index (χ3v) is 2.49. The highest BCUT2D eigenvalue weighted by Crippen LogP contribution is 2.23. The Morgan fingerprint density at radius 2 is 2.11 bits per heavy atom. The molecular weight excluding hydrogens is 238 g/mol. The van der Waals surface area contributed by atoms with Crippen LogP contribution < -0.4 is 10.1 Å². The number of anilines is 1. The van der Waals surface area contributed by atoms with Crippen molar-refractivity contribution in [2.24, 2.45) is 0 Å². The average Bonchev–Trinajstić information content (AvgIpc) is 2.39. The van der Waals surface area contributed by atoms with Crippen LogP contribution in [0.5, 0.6) is 5.75 Å². The SMILES string of the molecule is CCNc1nccc(-c2cccc(OC(C)C)c2)n1. The van der Waals surface area contributed by atoms with E-state index in [0.29, 0.717) is 5.95 Å². The van der Waals surface area contributed by atoms with Gasteiger partial charge in [0.15, 0.2) is 0 Å². The number of benzene rings is 1. The van der Waals surface area contributed by atoms with Gasteiger partial charge in [0.25, 0.3) is 0 Å². The van der Waals surface area contributed by atoms with E-state index in [4.69, 9.17) is 4.74 Å². The summed E-state index contributed by atoms with van der Waals surface area (Å²) in [6.45, 7) is 6.86. The number of nitrogens with zero attached hydrogens (tertiary/aromatic N) is 2. The van der Waals surface area contributed by atoms with Crippen LogP contribution in [0.3, 0.4) is 0 Å². The zero-order valence-corrected chi connectivity index (χ0v) is 11.6. The van der Waals surface area contributed by atoms with E-state index in [2.05, 4.69) is 15.3 Å². The molecule has 0 saturated carbocycles. The van der Waals surface area contributed by atoms with E-state index in [-0.39, 0.29) is 6.10 Å². The Bertz CT molecular complexity index is 540. The van der Waals surface area contributed by atoms with Gasteiger partial charge in [-0.25, -0.2) is 9.97 Å². The Morgan fingerprint density at radius 1 is 1.26 bits per heavy atom. The van der Waals surface area contributed by atoms with Crippen molar-refractivity contribution in [1.82, 2.24) is 9.97 Å². The number of aromatic nitrogens is 2. The maximum Gasteiger partial charge on any atom is 0.223 e. The zero-order valence-electron chi connectivity index (χ0n) is 11.6. The van der Waals surface area contributed by atoms with Crippen LogP contribution in [0.4, 0.5) is 5.95 Å². The smallest absolute Gasteiger partial charge is 0.223 e. The van der Waals surface area contributed by atoms with Gasteiger partial charge in [-0.2, -0.15) is 0 Å². The molecule has 0 spiro atoms. The van der Waals surface area contributed by atoms with Gasteiger partial charge in [-0.1, -0.05) is 12.1 Å². The van der Waals surface area contributed by atoms with Gasteiger partial charge in [0, 0.05) is 18.3 Å². The summed E-state index contributed by atoms with van der Waals surface area (Å²) in [5, 5.41) is 3.11. The second-order valence-electron chi connectivity index (χ2n) is 4.49. The highest BCUT2D eigenvalue weighted by atomic mass is 16.5. The summed E-state index contributed by atoms with van der Waals surface area (Å²) in [7, 11) is 0. The second-order valence-corrected chi connectivity index (χ2v) is 4.49. The van der Waals surface area contributed by atoms with Crippen molar-refractivity contribution in [1.29, 1.82) is 0 Å². The third-order valence-electron chi connectivity index (χ3n) is 2.49. The monoisotopic (exact) mass is 257 g/mol. The van der Waals surface area contributed by atoms with Crippen molar-refractivity contribution >= 4 is 5.95 Å². The van der Waals surface area contributed by atoms with Crippen molar-refractivity contribution < 1.29 is 4.74 Å². The number of hydrogen-bond acceptors (Lipinski definition) is 4. The summed E-state index contributed by atoms with van der Waals surface area (Å²) < 4.78 is 5.70. The van der Waals surface area contributed by atoms with E-state index in [1.807, 2.05) is 51.1 Å². The molecule has 2 aromatic rings. The van der Waals surface area contributed by atoms with Crippen LogP contribution in [-0.2, 0) is 0 Å². The summed E-state index contributed by atoms with van der Waals surface area (Å²) >= 11 is 0. The molecule has 1 N–H and O–H groups in total. The van der Waals surface area contributed by atoms with E-state index in [1.54, 1.807) is 6.20 Å². The fourth-order valence-corrected chi connectivity index (χ4v) is 1.76. The minimum Gasteiger partial charge on any atom is -0.491 e. The molecule has 0 aliphatic carbocycles. The topological polar surface area (TPSA) is 47.0 Å². The first-order chi connectivity index (χ1) is 9.19. The van der Waals surface area contributed by atoms with Gasteiger partial charge in [-0.05, 0) is 39.0 Å². The van der Waals surface area contributed by atoms with E-state index >= 15 is 0 Å². The summed E-state index contributed by atoms with van der Waals surface area (Å²) in [4.78, 5) is 8.65. The standard InChI is InChI=1S/C15H19N3O/c1-4-16-15-17-9-8-14(18-15)12-6-5-7-13(10-12)19-11(2)3/h5-11H,4H2,1-3H3,(H,16,17,18). The molecule has 19 heavy (non-hydrogen) atoms. The van der Waals surface area contributed by atoms with Crippen LogP contribution in [0.1, 0.15) is 20.8 Å². The van der Waals surface area contributed by atoms with Crippen molar-refractivity contribution in [3.63, 3.8) is 0 Å². The second kappa shape index (κ2) is 6.18. The van der Waals surface area contributed by atoms with Crippen LogP contribution in [0.2, 0.25) is 0 Å². The molecular formula is C15H19N3O. The lowest BCUT2D eigenvalue weighted by Crippen LogP contribution is -2.05.